The molecule has 0 radical (unpaired) electrons. The number of nitrogens with zero attached hydrogens (tertiary/aromatic N) is 1. The van der Waals surface area contributed by atoms with E-state index in [0.29, 0.717) is 0 Å². The van der Waals surface area contributed by atoms with E-state index in [4.69, 9.17) is 28.0 Å². The van der Waals surface area contributed by atoms with Gasteiger partial charge in [-0.25, -0.2) is 4.79 Å². The van der Waals surface area contributed by atoms with E-state index in [1.807, 2.05) is 0 Å². The Bertz CT molecular complexity index is 724. The van der Waals surface area contributed by atoms with E-state index in [2.05, 4.69) is 20.9 Å². The van der Waals surface area contributed by atoms with Gasteiger partial charge in [-0.3, -0.25) is 24.2 Å². The van der Waals surface area contributed by atoms with Gasteiger partial charge in [0.1, 0.15) is 12.1 Å². The molecule has 0 heterocycles. The number of aliphatic hydroxyl groups is 1. The van der Waals surface area contributed by atoms with E-state index >= 15 is 0 Å². The van der Waals surface area contributed by atoms with Crippen LogP contribution in [0.2, 0.25) is 0 Å². The number of hydrogen-bond acceptors (Lipinski definition) is 8. The maximum absolute atomic E-state index is 12.6. The summed E-state index contributed by atoms with van der Waals surface area (Å²) in [6.45, 7) is 2.62. The predicted octanol–water partition coefficient (Wildman–Crippen LogP) is -4.82. The lowest BCUT2D eigenvalue weighted by atomic mass is 10.1. The molecule has 32 heavy (non-hydrogen) atoms. The standard InChI is InChI=1S/C17H32N8O7/c1-7(13(28)25-12(8(2)26)16(31)32)23-15(30)10(4-3-5-22-17(20)21)24-14(29)9(18)6-11(19)27/h7-10,12,26H,3-6,18H2,1-2H3,(H2,19,27)(H,23,30)(H,24,29)(H,25,28)(H,31,32)(H4,20,21,22). The number of aliphatic imine (C=N–C) groups is 1. The average molecular weight is 460 g/mol. The van der Waals surface area contributed by atoms with Crippen LogP contribution in [0.5, 0.6) is 0 Å². The summed E-state index contributed by atoms with van der Waals surface area (Å²) in [5.41, 5.74) is 21.1. The molecule has 15 nitrogen and oxygen atoms in total. The number of nitrogens with one attached hydrogen (secondary N) is 3. The minimum atomic E-state index is -1.58. The highest BCUT2D eigenvalue weighted by atomic mass is 16.4. The second kappa shape index (κ2) is 13.8. The number of primary amides is 1. The summed E-state index contributed by atoms with van der Waals surface area (Å²) in [5.74, 6) is -4.89. The number of aliphatic hydroxyl groups excluding tert-OH is 1. The van der Waals surface area contributed by atoms with Crippen LogP contribution in [0.4, 0.5) is 0 Å². The molecule has 0 bridgehead atoms. The molecule has 4 amide bonds. The van der Waals surface area contributed by atoms with Crippen LogP contribution < -0.4 is 38.9 Å². The second-order valence-corrected chi connectivity index (χ2v) is 7.08. The lowest BCUT2D eigenvalue weighted by Gasteiger charge is -2.24. The van der Waals surface area contributed by atoms with Crippen LogP contribution in [-0.4, -0.2) is 82.6 Å². The van der Waals surface area contributed by atoms with E-state index in [0.717, 1.165) is 0 Å². The Hall–Kier alpha value is -3.46. The molecule has 0 spiro atoms. The first-order valence-corrected chi connectivity index (χ1v) is 9.67. The van der Waals surface area contributed by atoms with E-state index in [1.54, 1.807) is 0 Å². The molecule has 15 heteroatoms. The first-order valence-electron chi connectivity index (χ1n) is 9.67. The van der Waals surface area contributed by atoms with Gasteiger partial charge in [0, 0.05) is 6.54 Å². The molecule has 5 unspecified atom stereocenters. The number of carbonyl (C=O) groups is 5. The first kappa shape index (κ1) is 28.5. The molecule has 0 aliphatic carbocycles. The van der Waals surface area contributed by atoms with Gasteiger partial charge in [0.15, 0.2) is 12.0 Å². The Labute approximate surface area is 184 Å². The maximum atomic E-state index is 12.6. The number of aliphatic carboxylic acids is 1. The first-order chi connectivity index (χ1) is 14.8. The maximum Gasteiger partial charge on any atom is 0.328 e. The molecular formula is C17H32N8O7. The van der Waals surface area contributed by atoms with E-state index < -0.39 is 66.3 Å². The zero-order chi connectivity index (χ0) is 25.0. The molecule has 0 aliphatic rings. The largest absolute Gasteiger partial charge is 0.480 e. The highest BCUT2D eigenvalue weighted by molar-refractivity contribution is 5.94. The summed E-state index contributed by atoms with van der Waals surface area (Å²) in [5, 5.41) is 25.3. The van der Waals surface area contributed by atoms with Crippen molar-refractivity contribution in [3.05, 3.63) is 0 Å². The van der Waals surface area contributed by atoms with Crippen LogP contribution in [0, 0.1) is 0 Å². The molecule has 182 valence electrons. The van der Waals surface area contributed by atoms with Crippen LogP contribution in [0.3, 0.4) is 0 Å². The van der Waals surface area contributed by atoms with Crippen molar-refractivity contribution in [2.75, 3.05) is 6.54 Å². The molecule has 0 aromatic rings. The monoisotopic (exact) mass is 460 g/mol. The van der Waals surface area contributed by atoms with Crippen molar-refractivity contribution in [1.82, 2.24) is 16.0 Å². The van der Waals surface area contributed by atoms with Gasteiger partial charge in [0.25, 0.3) is 0 Å². The van der Waals surface area contributed by atoms with Crippen molar-refractivity contribution in [2.24, 2.45) is 27.9 Å². The van der Waals surface area contributed by atoms with Gasteiger partial charge in [-0.15, -0.1) is 0 Å². The normalized spacial score (nSPS) is 15.2. The van der Waals surface area contributed by atoms with Gasteiger partial charge in [0.2, 0.25) is 23.6 Å². The van der Waals surface area contributed by atoms with E-state index in [9.17, 15) is 29.1 Å². The number of carbonyl (C=O) groups excluding carboxylic acids is 4. The SMILES string of the molecule is CC(NC(=O)C(CCCN=C(N)N)NC(=O)C(N)CC(N)=O)C(=O)NC(C(=O)O)C(C)O. The van der Waals surface area contributed by atoms with Gasteiger partial charge in [-0.1, -0.05) is 0 Å². The zero-order valence-corrected chi connectivity index (χ0v) is 17.9. The van der Waals surface area contributed by atoms with Gasteiger partial charge >= 0.3 is 5.97 Å². The molecule has 0 rings (SSSR count). The van der Waals surface area contributed by atoms with Gasteiger partial charge in [0.05, 0.1) is 18.6 Å². The van der Waals surface area contributed by atoms with Crippen LogP contribution in [0.25, 0.3) is 0 Å². The molecule has 0 saturated carbocycles. The third kappa shape index (κ3) is 11.1. The fourth-order valence-corrected chi connectivity index (χ4v) is 2.41. The minimum absolute atomic E-state index is 0.0530. The summed E-state index contributed by atoms with van der Waals surface area (Å²) in [7, 11) is 0. The molecule has 0 aromatic carbocycles. The van der Waals surface area contributed by atoms with Crippen molar-refractivity contribution in [2.45, 2.75) is 63.4 Å². The summed E-state index contributed by atoms with van der Waals surface area (Å²) in [6.07, 6.45) is -1.50. The topological polar surface area (TPSA) is 278 Å². The van der Waals surface area contributed by atoms with Crippen LogP contribution in [0.1, 0.15) is 33.1 Å². The quantitative estimate of drug-likeness (QED) is 0.0677. The van der Waals surface area contributed by atoms with Crippen molar-refractivity contribution in [1.29, 1.82) is 0 Å². The predicted molar refractivity (Wildman–Crippen MR) is 112 cm³/mol. The van der Waals surface area contributed by atoms with Crippen LogP contribution in [0.15, 0.2) is 4.99 Å². The van der Waals surface area contributed by atoms with Gasteiger partial charge in [-0.2, -0.15) is 0 Å². The Kier molecular flexibility index (Phi) is 12.3. The van der Waals surface area contributed by atoms with Crippen molar-refractivity contribution in [3.63, 3.8) is 0 Å². The van der Waals surface area contributed by atoms with Crippen molar-refractivity contribution >= 4 is 35.6 Å². The minimum Gasteiger partial charge on any atom is -0.480 e. The Morgan fingerprint density at radius 1 is 0.938 bits per heavy atom. The average Bonchev–Trinajstić information content (AvgIpc) is 2.66. The number of nitrogens with two attached hydrogens (primary N) is 4. The summed E-state index contributed by atoms with van der Waals surface area (Å²) < 4.78 is 0. The van der Waals surface area contributed by atoms with Crippen molar-refractivity contribution in [3.8, 4) is 0 Å². The molecular weight excluding hydrogens is 428 g/mol. The highest BCUT2D eigenvalue weighted by Crippen LogP contribution is 2.02. The lowest BCUT2D eigenvalue weighted by Crippen LogP contribution is -2.57. The number of amides is 4. The fraction of sp³-hybridized carbons (Fsp3) is 0.647. The van der Waals surface area contributed by atoms with Crippen LogP contribution in [-0.2, 0) is 24.0 Å². The summed E-state index contributed by atoms with van der Waals surface area (Å²) >= 11 is 0. The zero-order valence-electron chi connectivity index (χ0n) is 17.9. The van der Waals surface area contributed by atoms with E-state index in [-0.39, 0.29) is 25.3 Å². The number of hydrogen-bond donors (Lipinski definition) is 9. The third-order valence-electron chi connectivity index (χ3n) is 4.13. The number of rotatable bonds is 14. The molecule has 0 aromatic heterocycles. The number of carboxylic acid groups (broad SMARTS) is 1. The molecule has 13 N–H and O–H groups in total. The summed E-state index contributed by atoms with van der Waals surface area (Å²) in [6, 6.07) is -5.25. The molecule has 0 saturated heterocycles. The molecule has 0 fully saturated rings. The second-order valence-electron chi connectivity index (χ2n) is 7.08. The van der Waals surface area contributed by atoms with Crippen molar-refractivity contribution < 1.29 is 34.2 Å². The Balaban J connectivity index is 5.20. The fourth-order valence-electron chi connectivity index (χ4n) is 2.41. The van der Waals surface area contributed by atoms with Gasteiger partial charge in [-0.05, 0) is 26.7 Å². The van der Waals surface area contributed by atoms with E-state index in [1.165, 1.54) is 13.8 Å². The highest BCUT2D eigenvalue weighted by Gasteiger charge is 2.30. The molecule has 0 aliphatic heterocycles. The number of guanidine groups is 1. The van der Waals surface area contributed by atoms with Crippen LogP contribution >= 0.6 is 0 Å². The van der Waals surface area contributed by atoms with Gasteiger partial charge < -0.3 is 49.1 Å². The Morgan fingerprint density at radius 3 is 2.00 bits per heavy atom. The molecule has 5 atom stereocenters. The third-order valence-corrected chi connectivity index (χ3v) is 4.13. The lowest BCUT2D eigenvalue weighted by molar-refractivity contribution is -0.145. The smallest absolute Gasteiger partial charge is 0.328 e. The Morgan fingerprint density at radius 2 is 1.53 bits per heavy atom. The summed E-state index contributed by atoms with van der Waals surface area (Å²) in [4.78, 5) is 62.8. The number of carboxylic acids is 1.